The number of hydrogen-bond donors (Lipinski definition) is 4. The van der Waals surface area contributed by atoms with E-state index in [9.17, 15) is 0 Å². The normalized spacial score (nSPS) is 10.4. The molecule has 0 unspecified atom stereocenters. The molecule has 0 bridgehead atoms. The molecule has 0 saturated heterocycles. The van der Waals surface area contributed by atoms with E-state index in [-0.39, 0.29) is 0 Å². The highest BCUT2D eigenvalue weighted by atomic mass is 15.1. The van der Waals surface area contributed by atoms with Gasteiger partial charge in [-0.05, 0) is 29.7 Å². The largest absolute Gasteiger partial charge is 0.399 e. The van der Waals surface area contributed by atoms with Gasteiger partial charge >= 0.3 is 0 Å². The monoisotopic (exact) mass is 305 g/mol. The third-order valence-electron chi connectivity index (χ3n) is 3.23. The van der Waals surface area contributed by atoms with Gasteiger partial charge in [-0.2, -0.15) is 4.98 Å². The van der Waals surface area contributed by atoms with E-state index in [0.717, 1.165) is 17.8 Å². The molecular weight excluding hydrogens is 289 g/mol. The molecule has 0 aliphatic heterocycles. The molecule has 0 aliphatic carbocycles. The summed E-state index contributed by atoms with van der Waals surface area (Å²) in [5.74, 6) is 1.06. The number of rotatable bonds is 6. The molecule has 0 aliphatic rings. The van der Waals surface area contributed by atoms with Crippen LogP contribution in [0.2, 0.25) is 0 Å². The van der Waals surface area contributed by atoms with Crippen molar-refractivity contribution in [1.29, 1.82) is 0 Å². The lowest BCUT2D eigenvalue weighted by atomic mass is 9.99. The quantitative estimate of drug-likeness (QED) is 0.400. The van der Waals surface area contributed by atoms with Crippen LogP contribution in [0.5, 0.6) is 0 Å². The Morgan fingerprint density at radius 2 is 2.00 bits per heavy atom. The van der Waals surface area contributed by atoms with Crippen molar-refractivity contribution in [2.24, 2.45) is 0 Å². The van der Waals surface area contributed by atoms with Crippen LogP contribution in [0, 0.1) is 0 Å². The number of aromatic amines is 1. The van der Waals surface area contributed by atoms with E-state index < -0.39 is 0 Å². The number of nitrogens with zero attached hydrogens (tertiary/aromatic N) is 3. The van der Waals surface area contributed by atoms with E-state index in [1.807, 2.05) is 24.3 Å². The van der Waals surface area contributed by atoms with Gasteiger partial charge in [-0.1, -0.05) is 0 Å². The minimum atomic E-state index is 0.466. The van der Waals surface area contributed by atoms with Gasteiger partial charge in [-0.3, -0.25) is 0 Å². The number of nitrogens with one attached hydrogen (secondary N) is 3. The number of aromatic nitrogens is 4. The second kappa shape index (κ2) is 6.82. The van der Waals surface area contributed by atoms with Crippen LogP contribution in [0.4, 0.5) is 23.1 Å². The summed E-state index contributed by atoms with van der Waals surface area (Å²) in [5.41, 5.74) is 8.77. The van der Waals surface area contributed by atoms with Crippen LogP contribution >= 0.6 is 0 Å². The van der Waals surface area contributed by atoms with E-state index >= 15 is 0 Å². The minimum absolute atomic E-state index is 0.466. The fourth-order valence-electron chi connectivity index (χ4n) is 2.03. The van der Waals surface area contributed by atoms with Crippen LogP contribution in [-0.2, 0) is 6.42 Å². The molecule has 1 aromatic carbocycles. The summed E-state index contributed by atoms with van der Waals surface area (Å²) < 4.78 is 0. The smallest absolute Gasteiger partial charge is 0.229 e. The van der Waals surface area contributed by atoms with Gasteiger partial charge in [0.25, 0.3) is 0 Å². The molecule has 23 heavy (non-hydrogen) atoms. The molecule has 3 aromatic rings. The molecule has 0 atom stereocenters. The van der Waals surface area contributed by atoms with Crippen molar-refractivity contribution in [3.63, 3.8) is 0 Å². The van der Waals surface area contributed by atoms with Gasteiger partial charge in [-0.25, -0.2) is 9.97 Å². The molecule has 0 spiro atoms. The van der Waals surface area contributed by atoms with E-state index in [1.54, 1.807) is 18.7 Å². The maximum Gasteiger partial charge on any atom is 0.229 e. The van der Waals surface area contributed by atoms with Crippen LogP contribution in [-0.4, -0.2) is 34.3 Å². The summed E-state index contributed by atoms with van der Waals surface area (Å²) in [4.78, 5) is 15.6. The number of H-pyrrole nitrogens is 1. The second-order valence-corrected chi connectivity index (χ2v) is 5.00. The third kappa shape index (κ3) is 4.00. The Morgan fingerprint density at radius 1 is 1.17 bits per heavy atom. The SMILES string of the molecule is [B]c1cnc(Nc2ccc(N)cc2)nc1NCCc1cnc[nH]1. The standard InChI is InChI=1S/C15H16BN7/c16-13-8-20-15(22-11-3-1-10(17)2-4-11)23-14(13)19-6-5-12-7-18-9-21-12/h1-4,7-9H,5-6,17H2,(H,18,21)(H2,19,20,22,23). The summed E-state index contributed by atoms with van der Waals surface area (Å²) in [7, 11) is 5.91. The summed E-state index contributed by atoms with van der Waals surface area (Å²) in [6, 6.07) is 7.34. The first-order valence-electron chi connectivity index (χ1n) is 7.17. The zero-order valence-corrected chi connectivity index (χ0v) is 12.5. The van der Waals surface area contributed by atoms with Crippen LogP contribution in [0.15, 0.2) is 43.0 Å². The first-order chi connectivity index (χ1) is 11.2. The predicted octanol–water partition coefficient (Wildman–Crippen LogP) is 0.974. The maximum atomic E-state index is 5.91. The van der Waals surface area contributed by atoms with E-state index in [0.29, 0.717) is 29.5 Å². The first kappa shape index (κ1) is 14.9. The topological polar surface area (TPSA) is 105 Å². The van der Waals surface area contributed by atoms with Crippen molar-refractivity contribution in [2.75, 3.05) is 22.9 Å². The van der Waals surface area contributed by atoms with Crippen LogP contribution in [0.25, 0.3) is 0 Å². The molecule has 0 fully saturated rings. The number of benzene rings is 1. The highest BCUT2D eigenvalue weighted by molar-refractivity contribution is 6.35. The Balaban J connectivity index is 1.64. The highest BCUT2D eigenvalue weighted by Gasteiger charge is 2.04. The van der Waals surface area contributed by atoms with Gasteiger partial charge in [-0.15, -0.1) is 0 Å². The minimum Gasteiger partial charge on any atom is -0.399 e. The number of nitrogens with two attached hydrogens (primary N) is 1. The van der Waals surface area contributed by atoms with Crippen LogP contribution < -0.4 is 21.8 Å². The summed E-state index contributed by atoms with van der Waals surface area (Å²) in [6.45, 7) is 0.685. The van der Waals surface area contributed by atoms with Crippen molar-refractivity contribution >= 4 is 36.5 Å². The first-order valence-corrected chi connectivity index (χ1v) is 7.17. The van der Waals surface area contributed by atoms with Crippen LogP contribution in [0.3, 0.4) is 0 Å². The molecule has 3 rings (SSSR count). The average molecular weight is 305 g/mol. The Bertz CT molecular complexity index is 756. The molecule has 0 saturated carbocycles. The number of hydrogen-bond acceptors (Lipinski definition) is 6. The lowest BCUT2D eigenvalue weighted by Crippen LogP contribution is -2.18. The second-order valence-electron chi connectivity index (χ2n) is 5.00. The van der Waals surface area contributed by atoms with Crippen molar-refractivity contribution in [1.82, 2.24) is 19.9 Å². The Kier molecular flexibility index (Phi) is 4.42. The van der Waals surface area contributed by atoms with E-state index in [4.69, 9.17) is 13.6 Å². The molecule has 2 aromatic heterocycles. The fraction of sp³-hybridized carbons (Fsp3) is 0.133. The van der Waals surface area contributed by atoms with Gasteiger partial charge in [0.1, 0.15) is 13.7 Å². The third-order valence-corrected chi connectivity index (χ3v) is 3.23. The summed E-state index contributed by atoms with van der Waals surface area (Å²) >= 11 is 0. The zero-order valence-electron chi connectivity index (χ0n) is 12.5. The summed E-state index contributed by atoms with van der Waals surface area (Å²) in [6.07, 6.45) is 5.82. The van der Waals surface area contributed by atoms with E-state index in [2.05, 4.69) is 30.6 Å². The lowest BCUT2D eigenvalue weighted by Gasteiger charge is -2.11. The van der Waals surface area contributed by atoms with Crippen molar-refractivity contribution in [3.05, 3.63) is 48.7 Å². The Labute approximate surface area is 135 Å². The maximum absolute atomic E-state index is 5.91. The number of imidazole rings is 1. The molecular formula is C15H16BN7. The van der Waals surface area contributed by atoms with Gasteiger partial charge in [0.2, 0.25) is 5.95 Å². The molecule has 114 valence electrons. The number of anilines is 4. The predicted molar refractivity (Wildman–Crippen MR) is 92.3 cm³/mol. The fourth-order valence-corrected chi connectivity index (χ4v) is 2.03. The van der Waals surface area contributed by atoms with E-state index in [1.165, 1.54) is 0 Å². The highest BCUT2D eigenvalue weighted by Crippen LogP contribution is 2.15. The van der Waals surface area contributed by atoms with Gasteiger partial charge < -0.3 is 21.4 Å². The lowest BCUT2D eigenvalue weighted by molar-refractivity contribution is 0.967. The molecule has 8 heteroatoms. The Morgan fingerprint density at radius 3 is 2.74 bits per heavy atom. The van der Waals surface area contributed by atoms with Gasteiger partial charge in [0.05, 0.1) is 6.33 Å². The van der Waals surface area contributed by atoms with Gasteiger partial charge in [0.15, 0.2) is 0 Å². The molecule has 5 N–H and O–H groups in total. The number of nitrogen functional groups attached to an aromatic ring is 1. The van der Waals surface area contributed by atoms with Crippen molar-refractivity contribution < 1.29 is 0 Å². The van der Waals surface area contributed by atoms with Crippen molar-refractivity contribution in [3.8, 4) is 0 Å². The molecule has 2 radical (unpaired) electrons. The molecule has 2 heterocycles. The average Bonchev–Trinajstić information content (AvgIpc) is 3.06. The zero-order chi connectivity index (χ0) is 16.1. The molecule has 0 amide bonds. The Hall–Kier alpha value is -3.03. The van der Waals surface area contributed by atoms with Gasteiger partial charge in [0, 0.05) is 42.4 Å². The molecule has 7 nitrogen and oxygen atoms in total. The summed E-state index contributed by atoms with van der Waals surface area (Å²) in [5, 5.41) is 6.32. The van der Waals surface area contributed by atoms with Crippen LogP contribution in [0.1, 0.15) is 5.69 Å². The van der Waals surface area contributed by atoms with Crippen molar-refractivity contribution in [2.45, 2.75) is 6.42 Å².